The van der Waals surface area contributed by atoms with Crippen LogP contribution in [0.3, 0.4) is 0 Å². The minimum absolute atomic E-state index is 0.0165. The highest BCUT2D eigenvalue weighted by atomic mass is 16.5. The maximum Gasteiger partial charge on any atom is 0.224 e. The largest absolute Gasteiger partial charge is 0.496 e. The predicted octanol–water partition coefficient (Wildman–Crippen LogP) is 2.91. The molecule has 1 aromatic carbocycles. The topological polar surface area (TPSA) is 135 Å². The molecule has 2 aromatic rings. The lowest BCUT2D eigenvalue weighted by atomic mass is 9.48. The van der Waals surface area contributed by atoms with Crippen molar-refractivity contribution in [1.29, 1.82) is 5.26 Å². The van der Waals surface area contributed by atoms with Gasteiger partial charge in [0.2, 0.25) is 5.95 Å². The standard InChI is InChI=1S/C28H38N6O3/c1-37-24-5-3-2-4-19(24)14-31-27-32-15-22(13-29)26(34-27)33-17-28-10-18-8-20(11-28)25(21(9-18)12-28)30-16-23(36)6-7-35/h2-5,15,18,20-21,23,25,30,35-36H,6-12,14,16-17H2,1H3,(H2,31,32,33,34)/t18?,20-,21+,23?,25?,28?. The number of aromatic nitrogens is 2. The maximum absolute atomic E-state index is 10.1. The van der Waals surface area contributed by atoms with E-state index in [1.165, 1.54) is 19.3 Å². The molecule has 4 saturated carbocycles. The lowest BCUT2D eigenvalue weighted by Gasteiger charge is -2.60. The van der Waals surface area contributed by atoms with Crippen molar-refractivity contribution in [2.45, 2.75) is 57.2 Å². The number of nitrogens with zero attached hydrogens (tertiary/aromatic N) is 3. The van der Waals surface area contributed by atoms with Gasteiger partial charge in [-0.15, -0.1) is 0 Å². The zero-order chi connectivity index (χ0) is 25.8. The van der Waals surface area contributed by atoms with Gasteiger partial charge >= 0.3 is 0 Å². The van der Waals surface area contributed by atoms with Crippen LogP contribution in [0.4, 0.5) is 11.8 Å². The SMILES string of the molecule is COc1ccccc1CNc1ncc(C#N)c(NCC23CC4C[C@H](C2)C(NCC(O)CCO)[C@@H](C4)C3)n1. The number of methoxy groups -OCH3 is 1. The van der Waals surface area contributed by atoms with Gasteiger partial charge in [0.05, 0.1) is 19.4 Å². The van der Waals surface area contributed by atoms with Gasteiger partial charge in [-0.05, 0) is 67.8 Å². The third kappa shape index (κ3) is 5.66. The number of anilines is 2. The molecule has 4 bridgehead atoms. The van der Waals surface area contributed by atoms with E-state index in [2.05, 4.69) is 32.0 Å². The number of benzene rings is 1. The van der Waals surface area contributed by atoms with Gasteiger partial charge in [0.1, 0.15) is 23.2 Å². The lowest BCUT2D eigenvalue weighted by Crippen LogP contribution is -2.60. The van der Waals surface area contributed by atoms with E-state index < -0.39 is 6.10 Å². The number of ether oxygens (including phenoxy) is 1. The van der Waals surface area contributed by atoms with Gasteiger partial charge in [-0.1, -0.05) is 18.2 Å². The number of nitriles is 1. The number of nitrogens with one attached hydrogen (secondary N) is 3. The molecule has 0 spiro atoms. The first kappa shape index (κ1) is 25.7. The van der Waals surface area contributed by atoms with E-state index in [-0.39, 0.29) is 12.0 Å². The Morgan fingerprint density at radius 2 is 1.97 bits per heavy atom. The quantitative estimate of drug-likeness (QED) is 0.294. The second kappa shape index (κ2) is 11.2. The molecule has 0 saturated heterocycles. The molecule has 37 heavy (non-hydrogen) atoms. The molecule has 198 valence electrons. The second-order valence-corrected chi connectivity index (χ2v) is 11.2. The molecule has 1 heterocycles. The van der Waals surface area contributed by atoms with Gasteiger partial charge in [0, 0.05) is 37.8 Å². The van der Waals surface area contributed by atoms with Crippen molar-refractivity contribution >= 4 is 11.8 Å². The van der Waals surface area contributed by atoms with E-state index in [9.17, 15) is 10.4 Å². The minimum atomic E-state index is -0.495. The minimum Gasteiger partial charge on any atom is -0.496 e. The van der Waals surface area contributed by atoms with Crippen LogP contribution < -0.4 is 20.7 Å². The van der Waals surface area contributed by atoms with Crippen LogP contribution in [-0.2, 0) is 6.54 Å². The van der Waals surface area contributed by atoms with Crippen molar-refractivity contribution in [3.05, 3.63) is 41.6 Å². The van der Waals surface area contributed by atoms with Gasteiger partial charge < -0.3 is 30.9 Å². The van der Waals surface area contributed by atoms with E-state index in [1.807, 2.05) is 24.3 Å². The van der Waals surface area contributed by atoms with Gasteiger partial charge in [0.15, 0.2) is 0 Å². The first-order valence-corrected chi connectivity index (χ1v) is 13.4. The average molecular weight is 507 g/mol. The molecule has 9 nitrogen and oxygen atoms in total. The molecule has 6 rings (SSSR count). The van der Waals surface area contributed by atoms with Crippen LogP contribution in [0.2, 0.25) is 0 Å². The van der Waals surface area contributed by atoms with E-state index in [0.29, 0.717) is 54.7 Å². The number of aliphatic hydroxyl groups is 2. The summed E-state index contributed by atoms with van der Waals surface area (Å²) in [6.07, 6.45) is 7.52. The van der Waals surface area contributed by atoms with Crippen LogP contribution in [0, 0.1) is 34.5 Å². The van der Waals surface area contributed by atoms with Gasteiger partial charge in [0.25, 0.3) is 0 Å². The number of hydrogen-bond acceptors (Lipinski definition) is 9. The van der Waals surface area contributed by atoms with Gasteiger partial charge in [-0.2, -0.15) is 10.2 Å². The summed E-state index contributed by atoms with van der Waals surface area (Å²) < 4.78 is 5.43. The highest BCUT2D eigenvalue weighted by Crippen LogP contribution is 2.60. The van der Waals surface area contributed by atoms with Crippen molar-refractivity contribution in [2.24, 2.45) is 23.2 Å². The van der Waals surface area contributed by atoms with E-state index in [0.717, 1.165) is 36.6 Å². The van der Waals surface area contributed by atoms with Crippen LogP contribution in [-0.4, -0.2) is 59.1 Å². The molecule has 5 N–H and O–H groups in total. The Bertz CT molecular complexity index is 1110. The monoisotopic (exact) mass is 506 g/mol. The van der Waals surface area contributed by atoms with Crippen LogP contribution in [0.25, 0.3) is 0 Å². The zero-order valence-corrected chi connectivity index (χ0v) is 21.5. The van der Waals surface area contributed by atoms with E-state index in [1.54, 1.807) is 13.3 Å². The summed E-state index contributed by atoms with van der Waals surface area (Å²) in [6, 6.07) is 10.5. The summed E-state index contributed by atoms with van der Waals surface area (Å²) in [7, 11) is 1.66. The fourth-order valence-electron chi connectivity index (χ4n) is 7.24. The second-order valence-electron chi connectivity index (χ2n) is 11.2. The highest BCUT2D eigenvalue weighted by Gasteiger charge is 2.55. The molecule has 0 radical (unpaired) electrons. The smallest absolute Gasteiger partial charge is 0.224 e. The summed E-state index contributed by atoms with van der Waals surface area (Å²) in [5, 5.41) is 39.3. The Kier molecular flexibility index (Phi) is 7.79. The Morgan fingerprint density at radius 3 is 2.70 bits per heavy atom. The highest BCUT2D eigenvalue weighted by molar-refractivity contribution is 5.53. The first-order valence-electron chi connectivity index (χ1n) is 13.4. The summed E-state index contributed by atoms with van der Waals surface area (Å²) in [5.41, 5.74) is 1.67. The molecule has 0 amide bonds. The van der Waals surface area contributed by atoms with Crippen molar-refractivity contribution in [1.82, 2.24) is 15.3 Å². The molecule has 4 unspecified atom stereocenters. The zero-order valence-electron chi connectivity index (χ0n) is 21.5. The number of hydrogen-bond donors (Lipinski definition) is 5. The molecule has 6 atom stereocenters. The number of rotatable bonds is 12. The Morgan fingerprint density at radius 1 is 1.19 bits per heavy atom. The van der Waals surface area contributed by atoms with Gasteiger partial charge in [-0.3, -0.25) is 0 Å². The first-order chi connectivity index (χ1) is 18.0. The van der Waals surface area contributed by atoms with E-state index >= 15 is 0 Å². The molecule has 9 heteroatoms. The Hall–Kier alpha value is -2.93. The fourth-order valence-corrected chi connectivity index (χ4v) is 7.24. The third-order valence-electron chi connectivity index (χ3n) is 8.62. The van der Waals surface area contributed by atoms with Gasteiger partial charge in [-0.25, -0.2) is 4.98 Å². The molecule has 1 aromatic heterocycles. The van der Waals surface area contributed by atoms with Crippen molar-refractivity contribution in [2.75, 3.05) is 37.4 Å². The summed E-state index contributed by atoms with van der Waals surface area (Å²) >= 11 is 0. The molecule has 4 aliphatic rings. The molecular weight excluding hydrogens is 468 g/mol. The van der Waals surface area contributed by atoms with Crippen molar-refractivity contribution in [3.8, 4) is 11.8 Å². The number of para-hydroxylation sites is 1. The van der Waals surface area contributed by atoms with Crippen molar-refractivity contribution in [3.63, 3.8) is 0 Å². The molecular formula is C28H38N6O3. The summed E-state index contributed by atoms with van der Waals surface area (Å²) in [6.45, 7) is 1.88. The lowest BCUT2D eigenvalue weighted by molar-refractivity contribution is -0.0714. The van der Waals surface area contributed by atoms with Crippen LogP contribution in [0.1, 0.15) is 49.7 Å². The van der Waals surface area contributed by atoms with Crippen molar-refractivity contribution < 1.29 is 14.9 Å². The van der Waals surface area contributed by atoms with Crippen LogP contribution >= 0.6 is 0 Å². The van der Waals surface area contributed by atoms with Crippen LogP contribution in [0.15, 0.2) is 30.5 Å². The molecule has 0 aliphatic heterocycles. The Labute approximate surface area is 218 Å². The summed E-state index contributed by atoms with van der Waals surface area (Å²) in [5.74, 6) is 3.82. The fraction of sp³-hybridized carbons (Fsp3) is 0.607. The summed E-state index contributed by atoms with van der Waals surface area (Å²) in [4.78, 5) is 9.00. The van der Waals surface area contributed by atoms with Crippen LogP contribution in [0.5, 0.6) is 5.75 Å². The third-order valence-corrected chi connectivity index (χ3v) is 8.62. The predicted molar refractivity (Wildman–Crippen MR) is 141 cm³/mol. The van der Waals surface area contributed by atoms with E-state index in [4.69, 9.17) is 9.84 Å². The maximum atomic E-state index is 10.1. The number of aliphatic hydroxyl groups excluding tert-OH is 2. The average Bonchev–Trinajstić information content (AvgIpc) is 2.90. The Balaban J connectivity index is 1.23. The normalized spacial score (nSPS) is 28.5. The molecule has 4 fully saturated rings. The molecule has 4 aliphatic carbocycles.